The summed E-state index contributed by atoms with van der Waals surface area (Å²) in [6.07, 6.45) is 3.98. The summed E-state index contributed by atoms with van der Waals surface area (Å²) >= 11 is 0. The van der Waals surface area contributed by atoms with E-state index in [-0.39, 0.29) is 25.3 Å². The molecule has 202 valence electrons. The summed E-state index contributed by atoms with van der Waals surface area (Å²) in [5.41, 5.74) is 2.71. The van der Waals surface area contributed by atoms with Crippen molar-refractivity contribution in [3.05, 3.63) is 65.0 Å². The van der Waals surface area contributed by atoms with Crippen LogP contribution in [0.3, 0.4) is 0 Å². The number of hydrogen-bond acceptors (Lipinski definition) is 9. The van der Waals surface area contributed by atoms with E-state index in [1.807, 2.05) is 31.4 Å². The first-order valence-corrected chi connectivity index (χ1v) is 12.5. The van der Waals surface area contributed by atoms with Crippen molar-refractivity contribution >= 4 is 11.9 Å². The molecule has 0 spiro atoms. The van der Waals surface area contributed by atoms with Crippen LogP contribution in [0.4, 0.5) is 0 Å². The van der Waals surface area contributed by atoms with Gasteiger partial charge in [0.2, 0.25) is 18.3 Å². The standard InChI is InChI=1S/C29H28NO9/c1-30-7-5-6-15(12-30)28(31)39-25-19-8-17-13-36-29(32)24(17)23(18(19)11-22-27(25)38-14-37-22)16-9-20(33-2)26(35-4)21(10-16)34-3/h5-7,9-12,17,23-24H,8,13-14H2,1-4H3/q+1. The van der Waals surface area contributed by atoms with Gasteiger partial charge in [0, 0.05) is 23.5 Å². The molecule has 0 saturated carbocycles. The fraction of sp³-hybridized carbons (Fsp3) is 0.345. The summed E-state index contributed by atoms with van der Waals surface area (Å²) in [5.74, 6) is 0.626. The molecule has 2 aliphatic heterocycles. The van der Waals surface area contributed by atoms with Gasteiger partial charge in [0.25, 0.3) is 0 Å². The van der Waals surface area contributed by atoms with Crippen LogP contribution in [0.25, 0.3) is 0 Å². The molecular weight excluding hydrogens is 506 g/mol. The molecule has 2 aromatic carbocycles. The second kappa shape index (κ2) is 9.68. The van der Waals surface area contributed by atoms with Crippen molar-refractivity contribution in [2.75, 3.05) is 34.7 Å². The molecule has 3 aromatic rings. The number of rotatable bonds is 6. The van der Waals surface area contributed by atoms with Gasteiger partial charge in [0.1, 0.15) is 12.6 Å². The lowest BCUT2D eigenvalue weighted by Gasteiger charge is -2.34. The maximum atomic E-state index is 13.3. The predicted molar refractivity (Wildman–Crippen MR) is 135 cm³/mol. The van der Waals surface area contributed by atoms with Gasteiger partial charge in [0.05, 0.1) is 33.9 Å². The minimum Gasteiger partial charge on any atom is -0.493 e. The van der Waals surface area contributed by atoms with Crippen LogP contribution in [0.1, 0.15) is 33.0 Å². The number of cyclic esters (lactones) is 1. The van der Waals surface area contributed by atoms with Crippen molar-refractivity contribution in [1.82, 2.24) is 0 Å². The first-order chi connectivity index (χ1) is 18.9. The average Bonchev–Trinajstić information content (AvgIpc) is 3.57. The number of carbonyl (C=O) groups excluding carboxylic acids is 2. The number of nitrogens with zero attached hydrogens (tertiary/aromatic N) is 1. The molecule has 39 heavy (non-hydrogen) atoms. The maximum absolute atomic E-state index is 13.3. The second-order valence-corrected chi connectivity index (χ2v) is 9.71. The lowest BCUT2D eigenvalue weighted by atomic mass is 9.67. The van der Waals surface area contributed by atoms with Gasteiger partial charge in [-0.2, -0.15) is 0 Å². The lowest BCUT2D eigenvalue weighted by Crippen LogP contribution is -2.32. The molecule has 3 heterocycles. The van der Waals surface area contributed by atoms with Crippen LogP contribution < -0.4 is 33.0 Å². The molecule has 1 aliphatic carbocycles. The molecule has 0 N–H and O–H groups in total. The van der Waals surface area contributed by atoms with Crippen LogP contribution in [-0.4, -0.2) is 46.7 Å². The Labute approximate surface area is 224 Å². The Bertz CT molecular complexity index is 1460. The molecule has 1 saturated heterocycles. The van der Waals surface area contributed by atoms with Crippen LogP contribution in [0.15, 0.2) is 42.7 Å². The Kier molecular flexibility index (Phi) is 6.17. The minimum absolute atomic E-state index is 0.00712. The normalized spacial score (nSPS) is 20.5. The molecule has 0 bridgehead atoms. The number of aromatic nitrogens is 1. The summed E-state index contributed by atoms with van der Waals surface area (Å²) in [4.78, 5) is 26.4. The van der Waals surface area contributed by atoms with E-state index in [2.05, 4.69) is 0 Å². The van der Waals surface area contributed by atoms with E-state index in [1.54, 1.807) is 37.1 Å². The highest BCUT2D eigenvalue weighted by atomic mass is 16.7. The summed E-state index contributed by atoms with van der Waals surface area (Å²) in [7, 11) is 6.45. The first-order valence-electron chi connectivity index (χ1n) is 12.5. The predicted octanol–water partition coefficient (Wildman–Crippen LogP) is 2.96. The zero-order chi connectivity index (χ0) is 27.3. The third-order valence-corrected chi connectivity index (χ3v) is 7.55. The van der Waals surface area contributed by atoms with Gasteiger partial charge < -0.3 is 33.2 Å². The highest BCUT2D eigenvalue weighted by Gasteiger charge is 2.50. The first kappa shape index (κ1) is 24.8. The number of ether oxygens (including phenoxy) is 7. The maximum Gasteiger partial charge on any atom is 0.349 e. The average molecular weight is 535 g/mol. The minimum atomic E-state index is -0.525. The van der Waals surface area contributed by atoms with E-state index in [9.17, 15) is 9.59 Å². The molecule has 3 aliphatic rings. The molecule has 0 radical (unpaired) electrons. The van der Waals surface area contributed by atoms with Crippen LogP contribution in [0.2, 0.25) is 0 Å². The Balaban J connectivity index is 1.54. The third kappa shape index (κ3) is 4.07. The van der Waals surface area contributed by atoms with Gasteiger partial charge in [0.15, 0.2) is 35.4 Å². The third-order valence-electron chi connectivity index (χ3n) is 7.55. The van der Waals surface area contributed by atoms with Gasteiger partial charge in [-0.1, -0.05) is 0 Å². The zero-order valence-electron chi connectivity index (χ0n) is 22.0. The second-order valence-electron chi connectivity index (χ2n) is 9.71. The van der Waals surface area contributed by atoms with Crippen LogP contribution in [0, 0.1) is 11.8 Å². The van der Waals surface area contributed by atoms with Crippen molar-refractivity contribution in [1.29, 1.82) is 0 Å². The van der Waals surface area contributed by atoms with Gasteiger partial charge in [-0.25, -0.2) is 9.36 Å². The number of hydrogen-bond donors (Lipinski definition) is 0. The summed E-state index contributed by atoms with van der Waals surface area (Å²) in [5, 5.41) is 0. The van der Waals surface area contributed by atoms with Gasteiger partial charge in [-0.3, -0.25) is 4.79 Å². The molecule has 3 atom stereocenters. The Hall–Kier alpha value is -4.47. The van der Waals surface area contributed by atoms with E-state index in [0.717, 1.165) is 16.7 Å². The summed E-state index contributed by atoms with van der Waals surface area (Å²) < 4.78 is 41.6. The highest BCUT2D eigenvalue weighted by Crippen LogP contribution is 2.56. The quantitative estimate of drug-likeness (QED) is 0.268. The van der Waals surface area contributed by atoms with Crippen molar-refractivity contribution < 1.29 is 47.3 Å². The Morgan fingerprint density at radius 3 is 2.46 bits per heavy atom. The molecule has 6 rings (SSSR count). The van der Waals surface area contributed by atoms with E-state index >= 15 is 0 Å². The topological polar surface area (TPSA) is 103 Å². The Morgan fingerprint density at radius 2 is 1.77 bits per heavy atom. The number of benzene rings is 2. The van der Waals surface area contributed by atoms with Crippen molar-refractivity contribution in [2.45, 2.75) is 12.3 Å². The highest BCUT2D eigenvalue weighted by molar-refractivity contribution is 5.91. The van der Waals surface area contributed by atoms with E-state index in [1.165, 1.54) is 7.11 Å². The molecule has 10 heteroatoms. The largest absolute Gasteiger partial charge is 0.493 e. The lowest BCUT2D eigenvalue weighted by molar-refractivity contribution is -0.671. The number of aryl methyl sites for hydroxylation is 1. The van der Waals surface area contributed by atoms with E-state index in [0.29, 0.717) is 46.5 Å². The molecule has 10 nitrogen and oxygen atoms in total. The summed E-state index contributed by atoms with van der Waals surface area (Å²) in [6.45, 7) is 0.257. The van der Waals surface area contributed by atoms with Crippen LogP contribution in [0.5, 0.6) is 34.5 Å². The number of esters is 2. The molecule has 3 unspecified atom stereocenters. The van der Waals surface area contributed by atoms with E-state index < -0.39 is 17.8 Å². The van der Waals surface area contributed by atoms with Crippen LogP contribution in [-0.2, 0) is 23.0 Å². The SMILES string of the molecule is COc1cc(C2c3cc4c(c(OC(=O)c5ccc[n+](C)c5)c3CC3COC(=O)C32)OCO4)cc(OC)c1OC. The number of fused-ring (bicyclic) bond motifs is 3. The fourth-order valence-electron chi connectivity index (χ4n) is 5.83. The van der Waals surface area contributed by atoms with Crippen LogP contribution >= 0.6 is 0 Å². The fourth-order valence-corrected chi connectivity index (χ4v) is 5.83. The Morgan fingerprint density at radius 1 is 1.00 bits per heavy atom. The van der Waals surface area contributed by atoms with Crippen molar-refractivity contribution in [3.63, 3.8) is 0 Å². The monoisotopic (exact) mass is 534 g/mol. The van der Waals surface area contributed by atoms with Gasteiger partial charge in [-0.15, -0.1) is 0 Å². The van der Waals surface area contributed by atoms with E-state index in [4.69, 9.17) is 33.2 Å². The number of methoxy groups -OCH3 is 3. The molecule has 1 fully saturated rings. The van der Waals surface area contributed by atoms with Crippen molar-refractivity contribution in [3.8, 4) is 34.5 Å². The molecule has 1 aromatic heterocycles. The van der Waals surface area contributed by atoms with Gasteiger partial charge >= 0.3 is 11.9 Å². The summed E-state index contributed by atoms with van der Waals surface area (Å²) in [6, 6.07) is 9.00. The number of carbonyl (C=O) groups is 2. The van der Waals surface area contributed by atoms with Gasteiger partial charge in [-0.05, 0) is 41.8 Å². The molecular formula is C29H28NO9+. The zero-order valence-corrected chi connectivity index (χ0v) is 22.0. The van der Waals surface area contributed by atoms with Crippen molar-refractivity contribution in [2.24, 2.45) is 18.9 Å². The number of pyridine rings is 1. The molecule has 0 amide bonds. The smallest absolute Gasteiger partial charge is 0.349 e.